The zero-order valence-electron chi connectivity index (χ0n) is 10.9. The van der Waals surface area contributed by atoms with Crippen molar-refractivity contribution in [3.8, 4) is 0 Å². The standard InChI is InChI=1S/C13H22N4O/c1-10(11-4-2-3-5-11)16-13(18)12-8-17(7-6-14)9-15-12/h8-11H,2-7,14H2,1H3,(H,16,18)/t10-/m1/s1. The number of imidazole rings is 1. The number of aromatic nitrogens is 2. The van der Waals surface area contributed by atoms with Gasteiger partial charge in [-0.15, -0.1) is 0 Å². The molecule has 5 heteroatoms. The van der Waals surface area contributed by atoms with Crippen LogP contribution in [0, 0.1) is 5.92 Å². The van der Waals surface area contributed by atoms with Crippen molar-refractivity contribution in [3.05, 3.63) is 18.2 Å². The lowest BCUT2D eigenvalue weighted by atomic mass is 10.00. The van der Waals surface area contributed by atoms with Crippen LogP contribution in [0.3, 0.4) is 0 Å². The summed E-state index contributed by atoms with van der Waals surface area (Å²) in [5.74, 6) is 0.547. The molecule has 1 atom stereocenters. The zero-order chi connectivity index (χ0) is 13.0. The molecule has 1 aromatic rings. The molecule has 1 fully saturated rings. The van der Waals surface area contributed by atoms with Crippen molar-refractivity contribution in [2.24, 2.45) is 11.7 Å². The van der Waals surface area contributed by atoms with E-state index in [1.165, 1.54) is 25.7 Å². The second-order valence-corrected chi connectivity index (χ2v) is 5.09. The third kappa shape index (κ3) is 3.10. The van der Waals surface area contributed by atoms with Crippen LogP contribution in [-0.4, -0.2) is 28.0 Å². The summed E-state index contributed by atoms with van der Waals surface area (Å²) in [6.45, 7) is 3.33. The lowest BCUT2D eigenvalue weighted by Crippen LogP contribution is -2.37. The summed E-state index contributed by atoms with van der Waals surface area (Å²) < 4.78 is 1.84. The molecule has 2 rings (SSSR count). The summed E-state index contributed by atoms with van der Waals surface area (Å²) in [4.78, 5) is 16.1. The number of nitrogens with one attached hydrogen (secondary N) is 1. The SMILES string of the molecule is C[C@@H](NC(=O)c1cn(CCN)cn1)C1CCCC1. The van der Waals surface area contributed by atoms with Gasteiger partial charge in [-0.25, -0.2) is 4.98 Å². The Labute approximate surface area is 108 Å². The molecule has 1 aliphatic rings. The quantitative estimate of drug-likeness (QED) is 0.823. The summed E-state index contributed by atoms with van der Waals surface area (Å²) in [5, 5.41) is 3.05. The molecule has 18 heavy (non-hydrogen) atoms. The fourth-order valence-corrected chi connectivity index (χ4v) is 2.60. The first kappa shape index (κ1) is 13.1. The summed E-state index contributed by atoms with van der Waals surface area (Å²) in [6.07, 6.45) is 8.43. The normalized spacial score (nSPS) is 17.9. The van der Waals surface area contributed by atoms with Gasteiger partial charge in [-0.2, -0.15) is 0 Å². The second kappa shape index (κ2) is 6.00. The molecule has 3 N–H and O–H groups in total. The van der Waals surface area contributed by atoms with E-state index in [-0.39, 0.29) is 11.9 Å². The maximum atomic E-state index is 12.0. The minimum atomic E-state index is -0.0785. The van der Waals surface area contributed by atoms with E-state index in [2.05, 4.69) is 17.2 Å². The van der Waals surface area contributed by atoms with E-state index in [4.69, 9.17) is 5.73 Å². The number of amides is 1. The fraction of sp³-hybridized carbons (Fsp3) is 0.692. The molecule has 1 aliphatic carbocycles. The molecule has 0 radical (unpaired) electrons. The predicted molar refractivity (Wildman–Crippen MR) is 70.2 cm³/mol. The monoisotopic (exact) mass is 250 g/mol. The Balaban J connectivity index is 1.89. The number of carbonyl (C=O) groups excluding carboxylic acids is 1. The largest absolute Gasteiger partial charge is 0.348 e. The van der Waals surface area contributed by atoms with Crippen LogP contribution in [0.1, 0.15) is 43.1 Å². The Hall–Kier alpha value is -1.36. The van der Waals surface area contributed by atoms with Crippen LogP contribution in [0.25, 0.3) is 0 Å². The van der Waals surface area contributed by atoms with Gasteiger partial charge in [0, 0.05) is 25.3 Å². The molecule has 1 amide bonds. The Morgan fingerprint density at radius 2 is 2.33 bits per heavy atom. The van der Waals surface area contributed by atoms with Crippen molar-refractivity contribution < 1.29 is 4.79 Å². The molecule has 0 saturated heterocycles. The highest BCUT2D eigenvalue weighted by Crippen LogP contribution is 2.27. The van der Waals surface area contributed by atoms with Crippen LogP contribution in [-0.2, 0) is 6.54 Å². The molecule has 0 aliphatic heterocycles. The first-order chi connectivity index (χ1) is 8.70. The fourth-order valence-electron chi connectivity index (χ4n) is 2.60. The topological polar surface area (TPSA) is 72.9 Å². The van der Waals surface area contributed by atoms with E-state index in [0.29, 0.717) is 24.7 Å². The summed E-state index contributed by atoms with van der Waals surface area (Å²) >= 11 is 0. The molecule has 1 aromatic heterocycles. The summed E-state index contributed by atoms with van der Waals surface area (Å²) in [5.41, 5.74) is 5.94. The molecular weight excluding hydrogens is 228 g/mol. The molecule has 0 aromatic carbocycles. The van der Waals surface area contributed by atoms with Gasteiger partial charge in [0.25, 0.3) is 5.91 Å². The molecule has 5 nitrogen and oxygen atoms in total. The maximum absolute atomic E-state index is 12.0. The van der Waals surface area contributed by atoms with Crippen molar-refractivity contribution in [3.63, 3.8) is 0 Å². The molecule has 0 unspecified atom stereocenters. The first-order valence-electron chi connectivity index (χ1n) is 6.73. The number of hydrogen-bond acceptors (Lipinski definition) is 3. The van der Waals surface area contributed by atoms with Gasteiger partial charge in [-0.05, 0) is 25.7 Å². The van der Waals surface area contributed by atoms with Gasteiger partial charge < -0.3 is 15.6 Å². The van der Waals surface area contributed by atoms with Crippen LogP contribution in [0.4, 0.5) is 0 Å². The zero-order valence-corrected chi connectivity index (χ0v) is 10.9. The number of carbonyl (C=O) groups is 1. The van der Waals surface area contributed by atoms with Gasteiger partial charge in [-0.3, -0.25) is 4.79 Å². The molecule has 0 bridgehead atoms. The Bertz CT molecular complexity index is 395. The van der Waals surface area contributed by atoms with Crippen molar-refractivity contribution in [2.75, 3.05) is 6.54 Å². The number of nitrogens with two attached hydrogens (primary N) is 1. The number of rotatable bonds is 5. The van der Waals surface area contributed by atoms with Crippen LogP contribution in [0.15, 0.2) is 12.5 Å². The van der Waals surface area contributed by atoms with Crippen molar-refractivity contribution >= 4 is 5.91 Å². The first-order valence-corrected chi connectivity index (χ1v) is 6.73. The highest BCUT2D eigenvalue weighted by molar-refractivity contribution is 5.92. The molecule has 1 heterocycles. The van der Waals surface area contributed by atoms with Crippen LogP contribution in [0.5, 0.6) is 0 Å². The minimum Gasteiger partial charge on any atom is -0.348 e. The highest BCUT2D eigenvalue weighted by Gasteiger charge is 2.23. The molecular formula is C13H22N4O. The number of hydrogen-bond donors (Lipinski definition) is 2. The Morgan fingerprint density at radius 1 is 1.61 bits per heavy atom. The average molecular weight is 250 g/mol. The van der Waals surface area contributed by atoms with Gasteiger partial charge in [0.2, 0.25) is 0 Å². The minimum absolute atomic E-state index is 0.0785. The van der Waals surface area contributed by atoms with Crippen LogP contribution >= 0.6 is 0 Å². The molecule has 0 spiro atoms. The van der Waals surface area contributed by atoms with E-state index in [1.807, 2.05) is 4.57 Å². The van der Waals surface area contributed by atoms with E-state index >= 15 is 0 Å². The lowest BCUT2D eigenvalue weighted by molar-refractivity contribution is 0.0922. The van der Waals surface area contributed by atoms with E-state index in [9.17, 15) is 4.79 Å². The molecule has 100 valence electrons. The van der Waals surface area contributed by atoms with Crippen LogP contribution < -0.4 is 11.1 Å². The van der Waals surface area contributed by atoms with Crippen molar-refractivity contribution in [1.82, 2.24) is 14.9 Å². The molecule has 1 saturated carbocycles. The maximum Gasteiger partial charge on any atom is 0.271 e. The smallest absolute Gasteiger partial charge is 0.271 e. The average Bonchev–Trinajstić information content (AvgIpc) is 3.00. The predicted octanol–water partition coefficient (Wildman–Crippen LogP) is 1.15. The Morgan fingerprint density at radius 3 is 3.00 bits per heavy atom. The number of nitrogens with zero attached hydrogens (tertiary/aromatic N) is 2. The highest BCUT2D eigenvalue weighted by atomic mass is 16.2. The summed E-state index contributed by atoms with van der Waals surface area (Å²) in [7, 11) is 0. The second-order valence-electron chi connectivity index (χ2n) is 5.09. The van der Waals surface area contributed by atoms with Gasteiger partial charge in [0.1, 0.15) is 5.69 Å². The van der Waals surface area contributed by atoms with Crippen molar-refractivity contribution in [1.29, 1.82) is 0 Å². The third-order valence-electron chi connectivity index (χ3n) is 3.72. The van der Waals surface area contributed by atoms with E-state index in [1.54, 1.807) is 12.5 Å². The summed E-state index contributed by atoms with van der Waals surface area (Å²) in [6, 6.07) is 0.236. The lowest BCUT2D eigenvalue weighted by Gasteiger charge is -2.19. The third-order valence-corrected chi connectivity index (χ3v) is 3.72. The van der Waals surface area contributed by atoms with E-state index in [0.717, 1.165) is 0 Å². The Kier molecular flexibility index (Phi) is 4.36. The van der Waals surface area contributed by atoms with Gasteiger partial charge in [-0.1, -0.05) is 12.8 Å². The van der Waals surface area contributed by atoms with Gasteiger partial charge in [0.15, 0.2) is 0 Å². The van der Waals surface area contributed by atoms with Gasteiger partial charge >= 0.3 is 0 Å². The van der Waals surface area contributed by atoms with Crippen LogP contribution in [0.2, 0.25) is 0 Å². The van der Waals surface area contributed by atoms with Crippen molar-refractivity contribution in [2.45, 2.75) is 45.2 Å². The van der Waals surface area contributed by atoms with E-state index < -0.39 is 0 Å². The van der Waals surface area contributed by atoms with Gasteiger partial charge in [0.05, 0.1) is 6.33 Å².